The van der Waals surface area contributed by atoms with Crippen molar-refractivity contribution in [2.24, 2.45) is 0 Å². The van der Waals surface area contributed by atoms with Gasteiger partial charge in [0.05, 0.1) is 24.9 Å². The third-order valence-electron chi connectivity index (χ3n) is 2.84. The molecule has 0 radical (unpaired) electrons. The molecule has 2 saturated heterocycles. The molecule has 2 fully saturated rings. The number of methoxy groups -OCH3 is 1. The summed E-state index contributed by atoms with van der Waals surface area (Å²) >= 11 is 0. The Balaban J connectivity index is 1.90. The molecule has 2 aliphatic heterocycles. The van der Waals surface area contributed by atoms with Gasteiger partial charge in [-0.1, -0.05) is 0 Å². The third-order valence-corrected chi connectivity index (χ3v) is 2.84. The second-order valence-corrected chi connectivity index (χ2v) is 4.08. The van der Waals surface area contributed by atoms with E-state index in [9.17, 15) is 0 Å². The van der Waals surface area contributed by atoms with Gasteiger partial charge in [-0.05, 0) is 19.3 Å². The average molecular weight is 186 g/mol. The number of hydrogen-bond acceptors (Lipinski definition) is 3. The quantitative estimate of drug-likeness (QED) is 0.621. The van der Waals surface area contributed by atoms with Crippen molar-refractivity contribution >= 4 is 0 Å². The molecule has 2 unspecified atom stereocenters. The van der Waals surface area contributed by atoms with Gasteiger partial charge in [-0.15, -0.1) is 0 Å². The van der Waals surface area contributed by atoms with Crippen LogP contribution in [-0.4, -0.2) is 38.6 Å². The van der Waals surface area contributed by atoms with E-state index in [2.05, 4.69) is 0 Å². The lowest BCUT2D eigenvalue weighted by Gasteiger charge is -2.36. The van der Waals surface area contributed by atoms with Gasteiger partial charge in [0.1, 0.15) is 0 Å². The molecule has 0 aromatic rings. The van der Waals surface area contributed by atoms with Crippen molar-refractivity contribution in [3.05, 3.63) is 0 Å². The van der Waals surface area contributed by atoms with Gasteiger partial charge in [-0.2, -0.15) is 0 Å². The van der Waals surface area contributed by atoms with Crippen molar-refractivity contribution in [2.45, 2.75) is 37.4 Å². The van der Waals surface area contributed by atoms with Crippen molar-refractivity contribution in [2.75, 3.05) is 26.9 Å². The van der Waals surface area contributed by atoms with E-state index in [1.54, 1.807) is 7.11 Å². The summed E-state index contributed by atoms with van der Waals surface area (Å²) in [6, 6.07) is 0. The van der Waals surface area contributed by atoms with Gasteiger partial charge >= 0.3 is 0 Å². The first-order valence-corrected chi connectivity index (χ1v) is 5.09. The zero-order valence-corrected chi connectivity index (χ0v) is 8.25. The van der Waals surface area contributed by atoms with E-state index in [0.717, 1.165) is 26.1 Å². The molecule has 13 heavy (non-hydrogen) atoms. The average Bonchev–Trinajstić information content (AvgIpc) is 2.90. The van der Waals surface area contributed by atoms with Gasteiger partial charge in [0.15, 0.2) is 0 Å². The predicted octanol–water partition coefficient (Wildman–Crippen LogP) is 1.36. The van der Waals surface area contributed by atoms with Crippen LogP contribution in [0.5, 0.6) is 0 Å². The standard InChI is InChI=1S/C10H18O3/c1-11-8-10(6-9-7-12-9)4-2-3-5-13-10/h9H,2-8H2,1H3. The van der Waals surface area contributed by atoms with Crippen LogP contribution in [0.3, 0.4) is 0 Å². The van der Waals surface area contributed by atoms with E-state index in [1.165, 1.54) is 12.8 Å². The second kappa shape index (κ2) is 3.95. The molecule has 3 heteroatoms. The molecule has 0 saturated carbocycles. The fourth-order valence-corrected chi connectivity index (χ4v) is 2.11. The summed E-state index contributed by atoms with van der Waals surface area (Å²) in [6.45, 7) is 2.51. The fourth-order valence-electron chi connectivity index (χ4n) is 2.11. The van der Waals surface area contributed by atoms with E-state index in [4.69, 9.17) is 14.2 Å². The minimum atomic E-state index is -0.0336. The Labute approximate surface area is 79.4 Å². The van der Waals surface area contributed by atoms with Crippen LogP contribution < -0.4 is 0 Å². The third kappa shape index (κ3) is 2.42. The minimum Gasteiger partial charge on any atom is -0.382 e. The lowest BCUT2D eigenvalue weighted by Crippen LogP contribution is -2.42. The summed E-state index contributed by atoms with van der Waals surface area (Å²) in [5, 5.41) is 0. The summed E-state index contributed by atoms with van der Waals surface area (Å²) < 4.78 is 16.3. The van der Waals surface area contributed by atoms with Crippen molar-refractivity contribution in [3.63, 3.8) is 0 Å². The molecule has 3 nitrogen and oxygen atoms in total. The lowest BCUT2D eigenvalue weighted by atomic mass is 9.90. The zero-order valence-electron chi connectivity index (χ0n) is 8.25. The normalized spacial score (nSPS) is 39.0. The minimum absolute atomic E-state index is 0.0336. The van der Waals surface area contributed by atoms with Crippen LogP contribution in [0.2, 0.25) is 0 Å². The van der Waals surface area contributed by atoms with Gasteiger partial charge in [0, 0.05) is 20.1 Å². The Bertz CT molecular complexity index is 154. The van der Waals surface area contributed by atoms with Gasteiger partial charge in [0.2, 0.25) is 0 Å². The molecule has 0 spiro atoms. The Morgan fingerprint density at radius 3 is 2.85 bits per heavy atom. The molecule has 0 amide bonds. The summed E-state index contributed by atoms with van der Waals surface area (Å²) in [6.07, 6.45) is 5.03. The highest BCUT2D eigenvalue weighted by atomic mass is 16.6. The maximum Gasteiger partial charge on any atom is 0.0940 e. The maximum absolute atomic E-state index is 5.85. The SMILES string of the molecule is COCC1(CC2CO2)CCCCO1. The van der Waals surface area contributed by atoms with E-state index in [1.807, 2.05) is 0 Å². The van der Waals surface area contributed by atoms with E-state index in [-0.39, 0.29) is 5.60 Å². The molecule has 0 aromatic heterocycles. The molecule has 2 atom stereocenters. The summed E-state index contributed by atoms with van der Waals surface area (Å²) in [7, 11) is 1.74. The first-order chi connectivity index (χ1) is 6.35. The zero-order chi connectivity index (χ0) is 9.15. The second-order valence-electron chi connectivity index (χ2n) is 4.08. The Morgan fingerprint density at radius 1 is 1.46 bits per heavy atom. The maximum atomic E-state index is 5.85. The lowest BCUT2D eigenvalue weighted by molar-refractivity contribution is -0.122. The summed E-state index contributed by atoms with van der Waals surface area (Å²) in [5.74, 6) is 0. The highest BCUT2D eigenvalue weighted by Crippen LogP contribution is 2.33. The highest BCUT2D eigenvalue weighted by Gasteiger charge is 2.40. The first-order valence-electron chi connectivity index (χ1n) is 5.09. The van der Waals surface area contributed by atoms with Crippen LogP contribution in [0.4, 0.5) is 0 Å². The summed E-state index contributed by atoms with van der Waals surface area (Å²) in [5.41, 5.74) is -0.0336. The molecule has 0 aliphatic carbocycles. The highest BCUT2D eigenvalue weighted by molar-refractivity contribution is 4.89. The van der Waals surface area contributed by atoms with E-state index >= 15 is 0 Å². The van der Waals surface area contributed by atoms with Crippen molar-refractivity contribution in [3.8, 4) is 0 Å². The van der Waals surface area contributed by atoms with Crippen molar-refractivity contribution in [1.29, 1.82) is 0 Å². The van der Waals surface area contributed by atoms with Crippen LogP contribution in [0, 0.1) is 0 Å². The monoisotopic (exact) mass is 186 g/mol. The Hall–Kier alpha value is -0.120. The largest absolute Gasteiger partial charge is 0.382 e. The molecule has 0 aromatic carbocycles. The van der Waals surface area contributed by atoms with Crippen LogP contribution in [0.25, 0.3) is 0 Å². The Morgan fingerprint density at radius 2 is 2.31 bits per heavy atom. The molecule has 76 valence electrons. The fraction of sp³-hybridized carbons (Fsp3) is 1.00. The first kappa shape index (κ1) is 9.44. The molecule has 0 N–H and O–H groups in total. The molecule has 0 bridgehead atoms. The van der Waals surface area contributed by atoms with Crippen molar-refractivity contribution < 1.29 is 14.2 Å². The molecule has 2 heterocycles. The van der Waals surface area contributed by atoms with Crippen molar-refractivity contribution in [1.82, 2.24) is 0 Å². The van der Waals surface area contributed by atoms with E-state index < -0.39 is 0 Å². The number of hydrogen-bond donors (Lipinski definition) is 0. The van der Waals surface area contributed by atoms with Gasteiger partial charge < -0.3 is 14.2 Å². The van der Waals surface area contributed by atoms with E-state index in [0.29, 0.717) is 12.7 Å². The number of ether oxygens (including phenoxy) is 3. The van der Waals surface area contributed by atoms with Crippen LogP contribution in [0.1, 0.15) is 25.7 Å². The van der Waals surface area contributed by atoms with Crippen LogP contribution in [-0.2, 0) is 14.2 Å². The topological polar surface area (TPSA) is 31.0 Å². The number of epoxide rings is 1. The summed E-state index contributed by atoms with van der Waals surface area (Å²) in [4.78, 5) is 0. The Kier molecular flexibility index (Phi) is 2.86. The van der Waals surface area contributed by atoms with Gasteiger partial charge in [-0.25, -0.2) is 0 Å². The molecular weight excluding hydrogens is 168 g/mol. The van der Waals surface area contributed by atoms with Gasteiger partial charge in [-0.3, -0.25) is 0 Å². The predicted molar refractivity (Wildman–Crippen MR) is 48.8 cm³/mol. The molecule has 2 aliphatic rings. The molecular formula is C10H18O3. The van der Waals surface area contributed by atoms with Gasteiger partial charge in [0.25, 0.3) is 0 Å². The smallest absolute Gasteiger partial charge is 0.0940 e. The van der Waals surface area contributed by atoms with Crippen LogP contribution >= 0.6 is 0 Å². The number of rotatable bonds is 4. The molecule has 2 rings (SSSR count). The van der Waals surface area contributed by atoms with Crippen LogP contribution in [0.15, 0.2) is 0 Å².